The van der Waals surface area contributed by atoms with E-state index in [1.54, 1.807) is 32.2 Å². The summed E-state index contributed by atoms with van der Waals surface area (Å²) in [4.78, 5) is 5.90. The van der Waals surface area contributed by atoms with Gasteiger partial charge >= 0.3 is 0 Å². The molecular weight excluding hydrogens is 362 g/mol. The fourth-order valence-corrected chi connectivity index (χ4v) is 4.76. The normalized spacial score (nSPS) is 11.6. The van der Waals surface area contributed by atoms with Crippen LogP contribution in [0.5, 0.6) is 0 Å². The first kappa shape index (κ1) is 15.4. The quantitative estimate of drug-likeness (QED) is 0.859. The zero-order chi connectivity index (χ0) is 14.9. The Kier molecular flexibility index (Phi) is 4.48. The highest BCUT2D eigenvalue weighted by atomic mass is 79.9. The number of aryl methyl sites for hydroxylation is 2. The topological polar surface area (TPSA) is 85.1 Å². The highest BCUT2D eigenvalue weighted by Gasteiger charge is 2.21. The largest absolute Gasteiger partial charge is 0.326 e. The van der Waals surface area contributed by atoms with Crippen LogP contribution in [-0.2, 0) is 16.6 Å². The molecule has 0 spiro atoms. The summed E-state index contributed by atoms with van der Waals surface area (Å²) >= 11 is 4.68. The molecule has 0 saturated carbocycles. The molecule has 0 aliphatic rings. The Hall–Kier alpha value is -0.960. The van der Waals surface area contributed by atoms with E-state index in [-0.39, 0.29) is 4.90 Å². The lowest BCUT2D eigenvalue weighted by Crippen LogP contribution is -2.15. The molecule has 2 rings (SSSR count). The molecule has 2 aromatic heterocycles. The average Bonchev–Trinajstić information content (AvgIpc) is 2.75. The molecule has 0 bridgehead atoms. The molecule has 0 unspecified atom stereocenters. The third-order valence-corrected chi connectivity index (χ3v) is 5.79. The molecule has 0 amide bonds. The maximum absolute atomic E-state index is 12.4. The minimum absolute atomic E-state index is 0.257. The van der Waals surface area contributed by atoms with Gasteiger partial charge in [0, 0.05) is 27.0 Å². The molecule has 0 aliphatic heterocycles. The molecular formula is C12H14BrN3O2S2. The summed E-state index contributed by atoms with van der Waals surface area (Å²) in [5, 5.41) is 0. The molecule has 2 aromatic rings. The van der Waals surface area contributed by atoms with Crippen molar-refractivity contribution in [2.75, 3.05) is 4.72 Å². The van der Waals surface area contributed by atoms with Crippen LogP contribution in [0.3, 0.4) is 0 Å². The van der Waals surface area contributed by atoms with Crippen LogP contribution in [0.25, 0.3) is 0 Å². The smallest absolute Gasteiger partial charge is 0.264 e. The number of nitrogens with one attached hydrogen (secondary N) is 1. The number of hydrogen-bond acceptors (Lipinski definition) is 5. The standard InChI is InChI=1S/C12H14BrN3O2S2/c1-7-3-9(13)6-15-12(7)16-20(17,18)11-4-10(5-14)19-8(11)2/h3-4,6H,5,14H2,1-2H3,(H,15,16). The number of nitrogens with two attached hydrogens (primary N) is 1. The lowest BCUT2D eigenvalue weighted by atomic mass is 10.3. The van der Waals surface area contributed by atoms with Crippen molar-refractivity contribution < 1.29 is 8.42 Å². The first-order valence-electron chi connectivity index (χ1n) is 5.78. The fourth-order valence-electron chi connectivity index (χ4n) is 1.72. The zero-order valence-electron chi connectivity index (χ0n) is 11.0. The number of anilines is 1. The highest BCUT2D eigenvalue weighted by molar-refractivity contribution is 9.10. The van der Waals surface area contributed by atoms with Crippen LogP contribution in [0.4, 0.5) is 5.82 Å². The molecule has 108 valence electrons. The summed E-state index contributed by atoms with van der Waals surface area (Å²) in [7, 11) is -3.64. The van der Waals surface area contributed by atoms with Crippen molar-refractivity contribution >= 4 is 43.1 Å². The van der Waals surface area contributed by atoms with Gasteiger partial charge in [0.05, 0.1) is 0 Å². The van der Waals surface area contributed by atoms with Crippen LogP contribution in [0.2, 0.25) is 0 Å². The molecule has 2 heterocycles. The van der Waals surface area contributed by atoms with Crippen molar-refractivity contribution in [2.24, 2.45) is 5.73 Å². The molecule has 0 atom stereocenters. The first-order valence-corrected chi connectivity index (χ1v) is 8.87. The van der Waals surface area contributed by atoms with E-state index >= 15 is 0 Å². The Morgan fingerprint density at radius 3 is 2.65 bits per heavy atom. The molecule has 0 fully saturated rings. The summed E-state index contributed by atoms with van der Waals surface area (Å²) in [6.45, 7) is 3.89. The second-order valence-electron chi connectivity index (χ2n) is 4.26. The van der Waals surface area contributed by atoms with E-state index in [0.29, 0.717) is 17.2 Å². The number of thiophene rings is 1. The van der Waals surface area contributed by atoms with Crippen molar-refractivity contribution in [3.05, 3.63) is 38.1 Å². The second kappa shape index (κ2) is 5.80. The molecule has 0 aliphatic carbocycles. The van der Waals surface area contributed by atoms with E-state index in [1.165, 1.54) is 11.3 Å². The SMILES string of the molecule is Cc1cc(Br)cnc1NS(=O)(=O)c1cc(CN)sc1C. The maximum Gasteiger partial charge on any atom is 0.264 e. The number of sulfonamides is 1. The van der Waals surface area contributed by atoms with E-state index in [0.717, 1.165) is 14.9 Å². The van der Waals surface area contributed by atoms with Crippen molar-refractivity contribution in [1.82, 2.24) is 4.98 Å². The molecule has 20 heavy (non-hydrogen) atoms. The van der Waals surface area contributed by atoms with Crippen molar-refractivity contribution in [3.8, 4) is 0 Å². The molecule has 3 N–H and O–H groups in total. The van der Waals surface area contributed by atoms with Gasteiger partial charge in [0.25, 0.3) is 10.0 Å². The van der Waals surface area contributed by atoms with Gasteiger partial charge in [0.2, 0.25) is 0 Å². The van der Waals surface area contributed by atoms with E-state index < -0.39 is 10.0 Å². The predicted molar refractivity (Wildman–Crippen MR) is 84.4 cm³/mol. The van der Waals surface area contributed by atoms with E-state index in [2.05, 4.69) is 25.6 Å². The van der Waals surface area contributed by atoms with Gasteiger partial charge in [-0.1, -0.05) is 0 Å². The minimum Gasteiger partial charge on any atom is -0.326 e. The summed E-state index contributed by atoms with van der Waals surface area (Å²) in [6.07, 6.45) is 1.55. The fraction of sp³-hybridized carbons (Fsp3) is 0.250. The average molecular weight is 376 g/mol. The first-order chi connectivity index (χ1) is 9.33. The van der Waals surface area contributed by atoms with Gasteiger partial charge in [0.1, 0.15) is 10.7 Å². The zero-order valence-corrected chi connectivity index (χ0v) is 14.2. The Morgan fingerprint density at radius 2 is 2.10 bits per heavy atom. The van der Waals surface area contributed by atoms with Crippen molar-refractivity contribution in [2.45, 2.75) is 25.3 Å². The summed E-state index contributed by atoms with van der Waals surface area (Å²) < 4.78 is 28.1. The Labute approximate surface area is 130 Å². The van der Waals surface area contributed by atoms with Crippen molar-refractivity contribution in [1.29, 1.82) is 0 Å². The minimum atomic E-state index is -3.64. The maximum atomic E-state index is 12.4. The number of rotatable bonds is 4. The Bertz CT molecular complexity index is 741. The molecule has 5 nitrogen and oxygen atoms in total. The Balaban J connectivity index is 2.38. The van der Waals surface area contributed by atoms with Crippen LogP contribution < -0.4 is 10.5 Å². The molecule has 8 heteroatoms. The van der Waals surface area contributed by atoms with Crippen LogP contribution in [0.1, 0.15) is 15.3 Å². The van der Waals surface area contributed by atoms with Gasteiger partial charge in [-0.2, -0.15) is 0 Å². The van der Waals surface area contributed by atoms with E-state index in [4.69, 9.17) is 5.73 Å². The van der Waals surface area contributed by atoms with Crippen molar-refractivity contribution in [3.63, 3.8) is 0 Å². The number of halogens is 1. The molecule has 0 radical (unpaired) electrons. The summed E-state index contributed by atoms with van der Waals surface area (Å²) in [5.41, 5.74) is 6.29. The monoisotopic (exact) mass is 375 g/mol. The third-order valence-electron chi connectivity index (χ3n) is 2.69. The van der Waals surface area contributed by atoms with Gasteiger partial charge < -0.3 is 5.73 Å². The van der Waals surface area contributed by atoms with Crippen LogP contribution in [0.15, 0.2) is 27.7 Å². The van der Waals surface area contributed by atoms with E-state index in [9.17, 15) is 8.42 Å². The van der Waals surface area contributed by atoms with E-state index in [1.807, 2.05) is 0 Å². The Morgan fingerprint density at radius 1 is 1.40 bits per heavy atom. The van der Waals surface area contributed by atoms with Crippen LogP contribution >= 0.6 is 27.3 Å². The second-order valence-corrected chi connectivity index (χ2v) is 8.17. The molecule has 0 saturated heterocycles. The van der Waals surface area contributed by atoms with Gasteiger partial charge in [-0.15, -0.1) is 11.3 Å². The number of pyridine rings is 1. The summed E-state index contributed by atoms with van der Waals surface area (Å²) in [5.74, 6) is 0.327. The van der Waals surface area contributed by atoms with Crippen LogP contribution in [0, 0.1) is 13.8 Å². The molecule has 0 aromatic carbocycles. The van der Waals surface area contributed by atoms with Gasteiger partial charge in [-0.25, -0.2) is 13.4 Å². The van der Waals surface area contributed by atoms with Gasteiger partial charge in [-0.05, 0) is 47.5 Å². The number of aromatic nitrogens is 1. The number of hydrogen-bond donors (Lipinski definition) is 2. The van der Waals surface area contributed by atoms with Gasteiger partial charge in [-0.3, -0.25) is 4.72 Å². The highest BCUT2D eigenvalue weighted by Crippen LogP contribution is 2.27. The van der Waals surface area contributed by atoms with Gasteiger partial charge in [0.15, 0.2) is 0 Å². The van der Waals surface area contributed by atoms with Crippen LogP contribution in [-0.4, -0.2) is 13.4 Å². The lowest BCUT2D eigenvalue weighted by Gasteiger charge is -2.09. The third kappa shape index (κ3) is 3.20. The summed E-state index contributed by atoms with van der Waals surface area (Å²) in [6, 6.07) is 3.41. The lowest BCUT2D eigenvalue weighted by molar-refractivity contribution is 0.601. The predicted octanol–water partition coefficient (Wildman–Crippen LogP) is 2.78. The number of nitrogens with zero attached hydrogens (tertiary/aromatic N) is 1.